The Balaban J connectivity index is 2.16. The Labute approximate surface area is 155 Å². The summed E-state index contributed by atoms with van der Waals surface area (Å²) in [5.41, 5.74) is 1.06. The molecule has 1 aliphatic carbocycles. The van der Waals surface area contributed by atoms with Crippen molar-refractivity contribution in [1.82, 2.24) is 0 Å². The summed E-state index contributed by atoms with van der Waals surface area (Å²) in [6.07, 6.45) is 15.9. The second-order valence-electron chi connectivity index (χ2n) is 6.58. The number of hydrogen-bond acceptors (Lipinski definition) is 2. The van der Waals surface area contributed by atoms with E-state index in [1.165, 1.54) is 44.9 Å². The van der Waals surface area contributed by atoms with Crippen LogP contribution in [0.25, 0.3) is 0 Å². The maximum atomic E-state index is 5.56. The van der Waals surface area contributed by atoms with Crippen LogP contribution < -0.4 is 9.64 Å². The van der Waals surface area contributed by atoms with Crippen LogP contribution in [0.15, 0.2) is 36.5 Å². The first kappa shape index (κ1) is 19.3. The first-order valence-electron chi connectivity index (χ1n) is 9.35. The van der Waals surface area contributed by atoms with Crippen LogP contribution in [0.3, 0.4) is 0 Å². The Kier molecular flexibility index (Phi) is 8.60. The fraction of sp³-hybridized carbons (Fsp3) is 0.571. The molecule has 0 bridgehead atoms. The van der Waals surface area contributed by atoms with Gasteiger partial charge in [-0.15, -0.1) is 0 Å². The molecule has 1 fully saturated rings. The zero-order valence-electron chi connectivity index (χ0n) is 15.1. The summed E-state index contributed by atoms with van der Waals surface area (Å²) in [5.74, 6) is 1.58. The van der Waals surface area contributed by atoms with Gasteiger partial charge in [0.25, 0.3) is 0 Å². The zero-order valence-corrected chi connectivity index (χ0v) is 16.1. The molecule has 24 heavy (non-hydrogen) atoms. The van der Waals surface area contributed by atoms with Gasteiger partial charge in [0, 0.05) is 0 Å². The van der Waals surface area contributed by atoms with Crippen LogP contribution >= 0.6 is 0 Å². The van der Waals surface area contributed by atoms with Gasteiger partial charge in [-0.25, -0.2) is 0 Å². The van der Waals surface area contributed by atoms with Gasteiger partial charge in [0.1, 0.15) is 0 Å². The number of ether oxygens (including phenoxy) is 1. The molecule has 1 saturated carbocycles. The Morgan fingerprint density at radius 2 is 1.96 bits per heavy atom. The monoisotopic (exact) mass is 371 g/mol. The molecule has 0 N–H and O–H groups in total. The van der Waals surface area contributed by atoms with Crippen LogP contribution in [0, 0.1) is 5.92 Å². The fourth-order valence-corrected chi connectivity index (χ4v) is 3.64. The number of benzene rings is 1. The summed E-state index contributed by atoms with van der Waals surface area (Å²) in [7, 11) is 1.73. The zero-order chi connectivity index (χ0) is 17.2. The Morgan fingerprint density at radius 1 is 1.21 bits per heavy atom. The third kappa shape index (κ3) is 5.77. The van der Waals surface area contributed by atoms with E-state index < -0.39 is 0 Å². The Morgan fingerprint density at radius 3 is 2.67 bits per heavy atom. The second kappa shape index (κ2) is 10.7. The molecule has 1 aromatic rings. The standard InChI is InChI=1S/C21H31NO.Ni/c1-3-4-5-11-17-22(18-16-19-12-7-6-8-13-19)20-14-9-10-15-21(20)23-2;/h9-10,14-16,18-19H,3-8,11-13H2,1-2H3;. The number of hydrogen-bond donors (Lipinski definition) is 0. The van der Waals surface area contributed by atoms with Crippen LogP contribution in [-0.4, -0.2) is 11.7 Å². The predicted octanol–water partition coefficient (Wildman–Crippen LogP) is 5.85. The second-order valence-corrected chi connectivity index (χ2v) is 7.15. The van der Waals surface area contributed by atoms with Gasteiger partial charge in [-0.05, 0) is 0 Å². The molecule has 0 saturated heterocycles. The van der Waals surface area contributed by atoms with Gasteiger partial charge in [0.2, 0.25) is 0 Å². The topological polar surface area (TPSA) is 12.5 Å². The van der Waals surface area contributed by atoms with Gasteiger partial charge in [-0.1, -0.05) is 0 Å². The van der Waals surface area contributed by atoms with E-state index in [4.69, 9.17) is 19.8 Å². The minimum absolute atomic E-state index is 0.694. The van der Waals surface area contributed by atoms with E-state index >= 15 is 0 Å². The first-order chi connectivity index (χ1) is 11.8. The van der Waals surface area contributed by atoms with Crippen LogP contribution in [0.4, 0.5) is 5.69 Å². The molecule has 1 aliphatic rings. The molecule has 1 aromatic carbocycles. The number of para-hydroxylation sites is 2. The van der Waals surface area contributed by atoms with Crippen molar-refractivity contribution in [3.63, 3.8) is 0 Å². The maximum absolute atomic E-state index is 5.56. The van der Waals surface area contributed by atoms with Gasteiger partial charge < -0.3 is 0 Å². The normalized spacial score (nSPS) is 15.7. The van der Waals surface area contributed by atoms with Crippen LogP contribution in [0.1, 0.15) is 64.7 Å². The number of rotatable bonds is 9. The van der Waals surface area contributed by atoms with E-state index in [0.717, 1.165) is 28.9 Å². The quantitative estimate of drug-likeness (QED) is 0.398. The minimum atomic E-state index is 0.694. The molecule has 0 unspecified atom stereocenters. The SMILES string of the molecule is CCCCC[C](=[Ni])N(C=CC1CCCCC1)c1ccccc1OC. The van der Waals surface area contributed by atoms with Crippen molar-refractivity contribution in [3.8, 4) is 5.75 Å². The van der Waals surface area contributed by atoms with Gasteiger partial charge >= 0.3 is 155 Å². The predicted molar refractivity (Wildman–Crippen MR) is 100 cm³/mol. The molecule has 136 valence electrons. The molecule has 2 rings (SSSR count). The van der Waals surface area contributed by atoms with Gasteiger partial charge in [-0.3, -0.25) is 0 Å². The van der Waals surface area contributed by atoms with E-state index in [2.05, 4.69) is 36.2 Å². The van der Waals surface area contributed by atoms with E-state index in [9.17, 15) is 0 Å². The molecule has 0 aliphatic heterocycles. The number of unbranched alkanes of at least 4 members (excludes halogenated alkanes) is 2. The van der Waals surface area contributed by atoms with Crippen molar-refractivity contribution in [2.45, 2.75) is 64.7 Å². The van der Waals surface area contributed by atoms with Crippen molar-refractivity contribution in [2.24, 2.45) is 5.92 Å². The molecule has 0 aromatic heterocycles. The summed E-state index contributed by atoms with van der Waals surface area (Å²) >= 11 is 5.41. The summed E-state index contributed by atoms with van der Waals surface area (Å²) in [4.78, 5) is 2.18. The van der Waals surface area contributed by atoms with Crippen LogP contribution in [0.2, 0.25) is 0 Å². The van der Waals surface area contributed by atoms with Crippen LogP contribution in [0.5, 0.6) is 5.75 Å². The number of allylic oxidation sites excluding steroid dienone is 1. The first-order valence-corrected chi connectivity index (χ1v) is 9.84. The fourth-order valence-electron chi connectivity index (χ4n) is 3.27. The van der Waals surface area contributed by atoms with E-state index in [-0.39, 0.29) is 0 Å². The molecule has 0 heterocycles. The molecule has 0 amide bonds. The van der Waals surface area contributed by atoms with Gasteiger partial charge in [0.05, 0.1) is 0 Å². The average Bonchev–Trinajstić information content (AvgIpc) is 2.63. The van der Waals surface area contributed by atoms with E-state index in [1.54, 1.807) is 7.11 Å². The summed E-state index contributed by atoms with van der Waals surface area (Å²) in [5, 5.41) is 0. The van der Waals surface area contributed by atoms with Crippen molar-refractivity contribution < 1.29 is 19.8 Å². The number of anilines is 1. The van der Waals surface area contributed by atoms with Gasteiger partial charge in [0.15, 0.2) is 0 Å². The molecule has 3 heteroatoms. The summed E-state index contributed by atoms with van der Waals surface area (Å²) < 4.78 is 6.59. The Bertz CT molecular complexity index is 534. The van der Waals surface area contributed by atoms with Crippen molar-refractivity contribution >= 4 is 10.3 Å². The summed E-state index contributed by atoms with van der Waals surface area (Å²) in [6, 6.07) is 8.17. The van der Waals surface area contributed by atoms with E-state index in [1.807, 2.05) is 12.1 Å². The number of methoxy groups -OCH3 is 1. The Hall–Kier alpha value is -1.08. The summed E-state index contributed by atoms with van der Waals surface area (Å²) in [6.45, 7) is 2.23. The average molecular weight is 372 g/mol. The third-order valence-corrected chi connectivity index (χ3v) is 5.20. The molecular formula is C21H31NNiO. The molecule has 2 nitrogen and oxygen atoms in total. The molecule has 0 radical (unpaired) electrons. The van der Waals surface area contributed by atoms with Crippen LogP contribution in [-0.2, 0) is 15.0 Å². The van der Waals surface area contributed by atoms with Crippen molar-refractivity contribution in [2.75, 3.05) is 12.0 Å². The van der Waals surface area contributed by atoms with Crippen molar-refractivity contribution in [1.29, 1.82) is 0 Å². The van der Waals surface area contributed by atoms with E-state index in [0.29, 0.717) is 5.92 Å². The van der Waals surface area contributed by atoms with Gasteiger partial charge in [-0.2, -0.15) is 0 Å². The molecular weight excluding hydrogens is 341 g/mol. The number of nitrogens with zero attached hydrogens (tertiary/aromatic N) is 1. The molecule has 0 spiro atoms. The third-order valence-electron chi connectivity index (χ3n) is 4.72. The van der Waals surface area contributed by atoms with Crippen molar-refractivity contribution in [3.05, 3.63) is 36.5 Å². The molecule has 0 atom stereocenters.